The van der Waals surface area contributed by atoms with Gasteiger partial charge >= 0.3 is 0 Å². The van der Waals surface area contributed by atoms with Gasteiger partial charge in [0.25, 0.3) is 0 Å². The van der Waals surface area contributed by atoms with Gasteiger partial charge in [-0.1, -0.05) is 6.92 Å². The summed E-state index contributed by atoms with van der Waals surface area (Å²) in [4.78, 5) is 0. The van der Waals surface area contributed by atoms with Crippen LogP contribution in [0.15, 0.2) is 16.6 Å². The van der Waals surface area contributed by atoms with E-state index in [1.54, 1.807) is 6.07 Å². The van der Waals surface area contributed by atoms with Gasteiger partial charge in [0.05, 0.1) is 10.2 Å². The summed E-state index contributed by atoms with van der Waals surface area (Å²) in [6.45, 7) is 2.04. The molecule has 1 aromatic rings. The lowest BCUT2D eigenvalue weighted by Gasteiger charge is -2.03. The Morgan fingerprint density at radius 1 is 1.55 bits per heavy atom. The second-order valence-electron chi connectivity index (χ2n) is 2.37. The second-order valence-corrected chi connectivity index (χ2v) is 3.22. The van der Waals surface area contributed by atoms with Crippen LogP contribution in [0.4, 0.5) is 5.69 Å². The molecule has 3 N–H and O–H groups in total. The molecule has 0 saturated carbocycles. The van der Waals surface area contributed by atoms with Crippen LogP contribution in [0.3, 0.4) is 0 Å². The summed E-state index contributed by atoms with van der Waals surface area (Å²) in [6, 6.07) is 3.64. The normalized spacial score (nSPS) is 10.0. The third-order valence-electron chi connectivity index (χ3n) is 1.56. The first-order valence-corrected chi connectivity index (χ1v) is 4.21. The van der Waals surface area contributed by atoms with E-state index in [9.17, 15) is 5.11 Å². The molecule has 0 aliphatic rings. The maximum atomic E-state index is 9.25. The van der Waals surface area contributed by atoms with Crippen molar-refractivity contribution in [3.8, 4) is 5.75 Å². The monoisotopic (exact) mass is 215 g/mol. The Morgan fingerprint density at radius 3 is 2.64 bits per heavy atom. The van der Waals surface area contributed by atoms with Crippen LogP contribution in [0.2, 0.25) is 0 Å². The van der Waals surface area contributed by atoms with E-state index in [0.717, 1.165) is 12.0 Å². The molecule has 3 heteroatoms. The van der Waals surface area contributed by atoms with Crippen molar-refractivity contribution < 1.29 is 5.11 Å². The Balaban J connectivity index is 3.21. The molecule has 0 unspecified atom stereocenters. The topological polar surface area (TPSA) is 46.2 Å². The summed E-state index contributed by atoms with van der Waals surface area (Å²) in [5, 5.41) is 9.25. The van der Waals surface area contributed by atoms with Crippen molar-refractivity contribution in [3.63, 3.8) is 0 Å². The third-order valence-corrected chi connectivity index (χ3v) is 2.17. The Bertz CT molecular complexity index is 250. The fraction of sp³-hybridized carbons (Fsp3) is 0.250. The molecule has 0 radical (unpaired) electrons. The second kappa shape index (κ2) is 3.13. The van der Waals surface area contributed by atoms with Crippen LogP contribution in [0.25, 0.3) is 0 Å². The maximum absolute atomic E-state index is 9.25. The lowest BCUT2D eigenvalue weighted by atomic mass is 10.1. The lowest BCUT2D eigenvalue weighted by molar-refractivity contribution is 0.474. The van der Waals surface area contributed by atoms with Crippen molar-refractivity contribution in [3.05, 3.63) is 22.2 Å². The highest BCUT2D eigenvalue weighted by Crippen LogP contribution is 2.31. The summed E-state index contributed by atoms with van der Waals surface area (Å²) >= 11 is 3.21. The van der Waals surface area contributed by atoms with E-state index in [-0.39, 0.29) is 5.75 Å². The SMILES string of the molecule is CCc1cc(N)c(O)c(Br)c1. The number of rotatable bonds is 1. The first-order chi connectivity index (χ1) is 5.15. The van der Waals surface area contributed by atoms with Gasteiger partial charge in [-0.3, -0.25) is 0 Å². The molecule has 1 aromatic carbocycles. The van der Waals surface area contributed by atoms with Crippen molar-refractivity contribution in [2.24, 2.45) is 0 Å². The molecular formula is C8H10BrNO. The Hall–Kier alpha value is -0.700. The molecule has 11 heavy (non-hydrogen) atoms. The summed E-state index contributed by atoms with van der Waals surface area (Å²) < 4.78 is 0.661. The molecule has 0 bridgehead atoms. The van der Waals surface area contributed by atoms with Crippen LogP contribution in [-0.4, -0.2) is 5.11 Å². The minimum atomic E-state index is 0.127. The van der Waals surface area contributed by atoms with E-state index < -0.39 is 0 Å². The zero-order valence-electron chi connectivity index (χ0n) is 6.26. The Kier molecular flexibility index (Phi) is 2.39. The maximum Gasteiger partial charge on any atom is 0.152 e. The van der Waals surface area contributed by atoms with Crippen molar-refractivity contribution in [2.75, 3.05) is 5.73 Å². The Labute approximate surface area is 74.2 Å². The molecular weight excluding hydrogens is 206 g/mol. The van der Waals surface area contributed by atoms with E-state index >= 15 is 0 Å². The standard InChI is InChI=1S/C8H10BrNO/c1-2-5-3-6(9)8(11)7(10)4-5/h3-4,11H,2,10H2,1H3. The van der Waals surface area contributed by atoms with Crippen LogP contribution < -0.4 is 5.73 Å². The molecule has 1 rings (SSSR count). The van der Waals surface area contributed by atoms with Crippen molar-refractivity contribution in [2.45, 2.75) is 13.3 Å². The lowest BCUT2D eigenvalue weighted by Crippen LogP contribution is -1.89. The predicted octanol–water partition coefficient (Wildman–Crippen LogP) is 2.30. The molecule has 0 aliphatic carbocycles. The number of nitrogen functional groups attached to an aromatic ring is 1. The fourth-order valence-electron chi connectivity index (χ4n) is 0.883. The van der Waals surface area contributed by atoms with Gasteiger partial charge in [0.2, 0.25) is 0 Å². The number of phenolic OH excluding ortho intramolecular Hbond substituents is 1. The van der Waals surface area contributed by atoms with Crippen molar-refractivity contribution in [1.82, 2.24) is 0 Å². The zero-order chi connectivity index (χ0) is 8.43. The number of nitrogens with two attached hydrogens (primary N) is 1. The number of anilines is 1. The highest BCUT2D eigenvalue weighted by Gasteiger charge is 2.03. The molecule has 0 aliphatic heterocycles. The van der Waals surface area contributed by atoms with Crippen LogP contribution in [0, 0.1) is 0 Å². The molecule has 60 valence electrons. The average molecular weight is 216 g/mol. The molecule has 0 atom stereocenters. The molecule has 0 amide bonds. The number of aryl methyl sites for hydroxylation is 1. The van der Waals surface area contributed by atoms with Gasteiger partial charge in [0.1, 0.15) is 0 Å². The number of hydrogen-bond acceptors (Lipinski definition) is 2. The number of hydrogen-bond donors (Lipinski definition) is 2. The molecule has 2 nitrogen and oxygen atoms in total. The summed E-state index contributed by atoms with van der Waals surface area (Å²) in [7, 11) is 0. The highest BCUT2D eigenvalue weighted by molar-refractivity contribution is 9.10. The molecule has 0 aromatic heterocycles. The van der Waals surface area contributed by atoms with Crippen LogP contribution in [0.1, 0.15) is 12.5 Å². The van der Waals surface area contributed by atoms with Gasteiger partial charge in [0.15, 0.2) is 5.75 Å². The predicted molar refractivity (Wildman–Crippen MR) is 49.6 cm³/mol. The summed E-state index contributed by atoms with van der Waals surface area (Å²) in [5.74, 6) is 0.127. The Morgan fingerprint density at radius 2 is 2.18 bits per heavy atom. The van der Waals surface area contributed by atoms with E-state index in [1.165, 1.54) is 0 Å². The van der Waals surface area contributed by atoms with Crippen LogP contribution >= 0.6 is 15.9 Å². The van der Waals surface area contributed by atoms with Gasteiger partial charge in [-0.2, -0.15) is 0 Å². The highest BCUT2D eigenvalue weighted by atomic mass is 79.9. The zero-order valence-corrected chi connectivity index (χ0v) is 7.85. The van der Waals surface area contributed by atoms with Gasteiger partial charge in [-0.15, -0.1) is 0 Å². The largest absolute Gasteiger partial charge is 0.505 e. The smallest absolute Gasteiger partial charge is 0.152 e. The summed E-state index contributed by atoms with van der Waals surface area (Å²) in [5.41, 5.74) is 7.06. The van der Waals surface area contributed by atoms with E-state index in [0.29, 0.717) is 10.2 Å². The quantitative estimate of drug-likeness (QED) is 0.558. The third kappa shape index (κ3) is 1.66. The van der Waals surface area contributed by atoms with Gasteiger partial charge in [-0.25, -0.2) is 0 Å². The first-order valence-electron chi connectivity index (χ1n) is 3.42. The minimum Gasteiger partial charge on any atom is -0.505 e. The van der Waals surface area contributed by atoms with Crippen LogP contribution in [-0.2, 0) is 6.42 Å². The molecule has 0 fully saturated rings. The minimum absolute atomic E-state index is 0.127. The van der Waals surface area contributed by atoms with Crippen molar-refractivity contribution in [1.29, 1.82) is 0 Å². The molecule has 0 spiro atoms. The first kappa shape index (κ1) is 8.40. The average Bonchev–Trinajstić information content (AvgIpc) is 1.99. The van der Waals surface area contributed by atoms with E-state index in [1.807, 2.05) is 13.0 Å². The molecule has 0 saturated heterocycles. The fourth-order valence-corrected chi connectivity index (χ4v) is 1.41. The summed E-state index contributed by atoms with van der Waals surface area (Å²) in [6.07, 6.45) is 0.920. The number of halogens is 1. The molecule has 0 heterocycles. The number of phenols is 1. The van der Waals surface area contributed by atoms with Gasteiger partial charge < -0.3 is 10.8 Å². The van der Waals surface area contributed by atoms with Gasteiger partial charge in [-0.05, 0) is 40.0 Å². The van der Waals surface area contributed by atoms with E-state index in [2.05, 4.69) is 15.9 Å². The van der Waals surface area contributed by atoms with Crippen molar-refractivity contribution >= 4 is 21.6 Å². The van der Waals surface area contributed by atoms with Crippen LogP contribution in [0.5, 0.6) is 5.75 Å². The number of benzene rings is 1. The van der Waals surface area contributed by atoms with E-state index in [4.69, 9.17) is 5.73 Å². The number of aromatic hydroxyl groups is 1. The van der Waals surface area contributed by atoms with Gasteiger partial charge in [0, 0.05) is 0 Å².